The van der Waals surface area contributed by atoms with Crippen molar-refractivity contribution >= 4 is 49.8 Å². The highest BCUT2D eigenvalue weighted by Crippen LogP contribution is 2.33. The standard InChI is InChI=1S/C26H26N4O5.C19H16F3N3O7S/c1-4-34-26(32)22-23(28-14-18-10-12-20(33-3)13-11-18)21-15-27-17(2)29-24(21)30(25(22)31)35-16-19-8-6-5-7-9-19;1-3-30-18(27)14-15(32-33(28,29)19(20,21)22)13-9-23-11(2)24-16(13)25(17(14)26)31-10-12-7-5-4-6-8-12/h5-13,15,28H,4,14,16H2,1-3H3;4-9H,3,10H2,1-2H3. The number of carbonyl (C=O) groups excluding carboxylic acids is 2. The maximum Gasteiger partial charge on any atom is 0.534 e. The highest BCUT2D eigenvalue weighted by Gasteiger charge is 2.49. The van der Waals surface area contributed by atoms with Gasteiger partial charge < -0.3 is 33.4 Å². The molecule has 4 aromatic heterocycles. The molecule has 0 bridgehead atoms. The van der Waals surface area contributed by atoms with Crippen LogP contribution in [0.25, 0.3) is 22.1 Å². The Labute approximate surface area is 385 Å². The van der Waals surface area contributed by atoms with E-state index in [0.29, 0.717) is 33.7 Å². The number of carbonyl (C=O) groups is 2. The SMILES string of the molecule is CCOC(=O)c1c(NCc2ccc(OC)cc2)c2cnc(C)nc2n(OCc2ccccc2)c1=O.CCOC(=O)c1c(OS(=O)(=O)C(F)(F)F)c2cnc(C)nc2n(OCc2ccccc2)c1=O. The molecule has 0 radical (unpaired) electrons. The number of hydrogen-bond donors (Lipinski definition) is 1. The third kappa shape index (κ3) is 11.3. The summed E-state index contributed by atoms with van der Waals surface area (Å²) in [6.07, 6.45) is 2.47. The van der Waals surface area contributed by atoms with Crippen LogP contribution >= 0.6 is 0 Å². The Morgan fingerprint density at radius 3 is 1.63 bits per heavy atom. The number of halogens is 3. The van der Waals surface area contributed by atoms with Gasteiger partial charge in [-0.25, -0.2) is 29.5 Å². The van der Waals surface area contributed by atoms with Crippen LogP contribution in [0.3, 0.4) is 0 Å². The summed E-state index contributed by atoms with van der Waals surface area (Å²) in [5.41, 5.74) is -6.61. The number of aryl methyl sites for hydroxylation is 2. The molecular weight excluding hydrogens is 920 g/mol. The molecule has 1 N–H and O–H groups in total. The van der Waals surface area contributed by atoms with Crippen LogP contribution in [0, 0.1) is 13.8 Å². The first-order valence-electron chi connectivity index (χ1n) is 20.4. The monoisotopic (exact) mass is 961 g/mol. The molecular formula is C45H42F3N7O12S. The minimum atomic E-state index is -6.26. The Kier molecular flexibility index (Phi) is 15.6. The number of pyridine rings is 2. The fourth-order valence-electron chi connectivity index (χ4n) is 6.23. The van der Waals surface area contributed by atoms with Crippen molar-refractivity contribution in [1.29, 1.82) is 0 Å². The van der Waals surface area contributed by atoms with Crippen molar-refractivity contribution in [3.05, 3.63) is 157 Å². The summed E-state index contributed by atoms with van der Waals surface area (Å²) in [5, 5.41) is 3.18. The quantitative estimate of drug-likeness (QED) is 0.0699. The predicted octanol–water partition coefficient (Wildman–Crippen LogP) is 5.66. The van der Waals surface area contributed by atoms with E-state index in [0.717, 1.165) is 27.8 Å². The van der Waals surface area contributed by atoms with E-state index in [1.807, 2.05) is 54.6 Å². The molecule has 0 spiro atoms. The van der Waals surface area contributed by atoms with Gasteiger partial charge in [0, 0.05) is 18.9 Å². The lowest BCUT2D eigenvalue weighted by Crippen LogP contribution is -2.35. The Morgan fingerprint density at radius 2 is 1.15 bits per heavy atom. The summed E-state index contributed by atoms with van der Waals surface area (Å²) in [5.74, 6) is -2.13. The van der Waals surface area contributed by atoms with E-state index in [4.69, 9.17) is 23.9 Å². The smallest absolute Gasteiger partial charge is 0.497 e. The van der Waals surface area contributed by atoms with Crippen molar-refractivity contribution in [3.8, 4) is 11.5 Å². The number of esters is 2. The number of ether oxygens (including phenoxy) is 3. The average molecular weight is 962 g/mol. The highest BCUT2D eigenvalue weighted by molar-refractivity contribution is 7.88. The minimum Gasteiger partial charge on any atom is -0.497 e. The summed E-state index contributed by atoms with van der Waals surface area (Å²) in [6, 6.07) is 25.4. The molecule has 0 saturated carbocycles. The van der Waals surface area contributed by atoms with E-state index < -0.39 is 61.0 Å². The van der Waals surface area contributed by atoms with Crippen molar-refractivity contribution in [2.24, 2.45) is 0 Å². The molecule has 3 aromatic carbocycles. The number of aromatic nitrogens is 6. The zero-order valence-electron chi connectivity index (χ0n) is 36.9. The second-order valence-corrected chi connectivity index (χ2v) is 15.6. The molecule has 0 aliphatic rings. The van der Waals surface area contributed by atoms with E-state index >= 15 is 0 Å². The van der Waals surface area contributed by atoms with Gasteiger partial charge in [-0.2, -0.15) is 21.6 Å². The molecule has 23 heteroatoms. The zero-order valence-corrected chi connectivity index (χ0v) is 37.7. The van der Waals surface area contributed by atoms with Crippen LogP contribution in [0.5, 0.6) is 11.5 Å². The number of benzene rings is 3. The molecule has 0 aliphatic heterocycles. The normalized spacial score (nSPS) is 11.3. The average Bonchev–Trinajstić information content (AvgIpc) is 3.31. The van der Waals surface area contributed by atoms with Crippen LogP contribution in [0.1, 0.15) is 62.9 Å². The molecule has 0 fully saturated rings. The second kappa shape index (κ2) is 21.5. The number of rotatable bonds is 16. The summed E-state index contributed by atoms with van der Waals surface area (Å²) in [6.45, 7) is 6.30. The lowest BCUT2D eigenvalue weighted by Gasteiger charge is -2.18. The van der Waals surface area contributed by atoms with Gasteiger partial charge in [-0.3, -0.25) is 9.59 Å². The first kappa shape index (κ1) is 49.4. The Bertz CT molecular complexity index is 3170. The van der Waals surface area contributed by atoms with Gasteiger partial charge in [0.05, 0.1) is 36.8 Å². The minimum absolute atomic E-state index is 0.0764. The summed E-state index contributed by atoms with van der Waals surface area (Å²) < 4.78 is 83.3. The molecule has 0 unspecified atom stereocenters. The van der Waals surface area contributed by atoms with Crippen molar-refractivity contribution in [2.75, 3.05) is 25.6 Å². The van der Waals surface area contributed by atoms with Gasteiger partial charge in [-0.15, -0.1) is 9.46 Å². The molecule has 7 aromatic rings. The molecule has 0 amide bonds. The molecule has 0 aliphatic carbocycles. The van der Waals surface area contributed by atoms with Gasteiger partial charge in [0.1, 0.15) is 30.6 Å². The van der Waals surface area contributed by atoms with Gasteiger partial charge in [0.25, 0.3) is 0 Å². The van der Waals surface area contributed by atoms with Crippen LogP contribution < -0.4 is 35.0 Å². The Balaban J connectivity index is 0.000000224. The van der Waals surface area contributed by atoms with Gasteiger partial charge in [-0.05, 0) is 56.5 Å². The van der Waals surface area contributed by atoms with Crippen molar-refractivity contribution in [3.63, 3.8) is 0 Å². The molecule has 4 heterocycles. The summed E-state index contributed by atoms with van der Waals surface area (Å²) >= 11 is 0. The fourth-order valence-corrected chi connectivity index (χ4v) is 6.72. The molecule has 0 atom stereocenters. The van der Waals surface area contributed by atoms with E-state index in [1.165, 1.54) is 13.8 Å². The van der Waals surface area contributed by atoms with Crippen molar-refractivity contribution in [2.45, 2.75) is 53.0 Å². The molecule has 19 nitrogen and oxygen atoms in total. The first-order valence-corrected chi connectivity index (χ1v) is 21.8. The first-order chi connectivity index (χ1) is 32.5. The van der Waals surface area contributed by atoms with Crippen molar-refractivity contribution < 1.29 is 59.2 Å². The van der Waals surface area contributed by atoms with E-state index in [-0.39, 0.29) is 43.5 Å². The van der Waals surface area contributed by atoms with Gasteiger partial charge in [0.15, 0.2) is 28.2 Å². The van der Waals surface area contributed by atoms with Gasteiger partial charge >= 0.3 is 38.7 Å². The largest absolute Gasteiger partial charge is 0.534 e. The number of anilines is 1. The Hall–Kier alpha value is -8.08. The topological polar surface area (TPSA) is 231 Å². The third-order valence-electron chi connectivity index (χ3n) is 9.42. The lowest BCUT2D eigenvalue weighted by molar-refractivity contribution is -0.0500. The number of nitrogens with one attached hydrogen (secondary N) is 1. The summed E-state index contributed by atoms with van der Waals surface area (Å²) in [4.78, 5) is 80.0. The number of methoxy groups -OCH3 is 1. The van der Waals surface area contributed by atoms with Gasteiger partial charge in [-0.1, -0.05) is 72.8 Å². The molecule has 68 heavy (non-hydrogen) atoms. The Morgan fingerprint density at radius 1 is 0.676 bits per heavy atom. The zero-order chi connectivity index (χ0) is 49.2. The molecule has 0 saturated heterocycles. The number of hydrogen-bond acceptors (Lipinski definition) is 17. The van der Waals surface area contributed by atoms with Gasteiger partial charge in [0.2, 0.25) is 0 Å². The fraction of sp³-hybridized carbons (Fsp3) is 0.244. The highest BCUT2D eigenvalue weighted by atomic mass is 32.2. The lowest BCUT2D eigenvalue weighted by atomic mass is 10.1. The number of alkyl halides is 3. The van der Waals surface area contributed by atoms with Crippen LogP contribution in [0.2, 0.25) is 0 Å². The van der Waals surface area contributed by atoms with Crippen LogP contribution in [0.15, 0.2) is 107 Å². The van der Waals surface area contributed by atoms with Crippen LogP contribution in [-0.4, -0.2) is 75.6 Å². The van der Waals surface area contributed by atoms with E-state index in [1.54, 1.807) is 57.5 Å². The van der Waals surface area contributed by atoms with Crippen molar-refractivity contribution in [1.82, 2.24) is 29.4 Å². The predicted molar refractivity (Wildman–Crippen MR) is 238 cm³/mol. The number of fused-ring (bicyclic) bond motifs is 2. The molecule has 7 rings (SSSR count). The maximum absolute atomic E-state index is 13.6. The van der Waals surface area contributed by atoms with E-state index in [2.05, 4.69) is 29.4 Å². The second-order valence-electron chi connectivity index (χ2n) is 14.1. The summed E-state index contributed by atoms with van der Waals surface area (Å²) in [7, 11) is -4.66. The third-order valence-corrected chi connectivity index (χ3v) is 10.4. The molecule has 356 valence electrons. The number of nitrogens with zero attached hydrogens (tertiary/aromatic N) is 6. The maximum atomic E-state index is 13.6. The van der Waals surface area contributed by atoms with Crippen LogP contribution in [0.4, 0.5) is 18.9 Å². The van der Waals surface area contributed by atoms with E-state index in [9.17, 15) is 40.8 Å². The van der Waals surface area contributed by atoms with Crippen LogP contribution in [-0.2, 0) is 39.4 Å².